The van der Waals surface area contributed by atoms with E-state index in [1.54, 1.807) is 0 Å². The Labute approximate surface area is 141 Å². The van der Waals surface area contributed by atoms with E-state index in [1.807, 2.05) is 0 Å². The summed E-state index contributed by atoms with van der Waals surface area (Å²) >= 11 is 0. The standard InChI is InChI=1S/C21H43N/c1-5-7-8-9-10-11-12-13-14-15-16-17-18-19-20-21(3,4)22-6-2/h13-14,22H,5-12,15-20H2,1-4H3. The Hall–Kier alpha value is -0.300. The van der Waals surface area contributed by atoms with Gasteiger partial charge in [-0.25, -0.2) is 0 Å². The highest BCUT2D eigenvalue weighted by Crippen LogP contribution is 2.15. The molecule has 0 saturated heterocycles. The van der Waals surface area contributed by atoms with E-state index in [0.29, 0.717) is 5.54 Å². The summed E-state index contributed by atoms with van der Waals surface area (Å²) in [5.41, 5.74) is 0.325. The summed E-state index contributed by atoms with van der Waals surface area (Å²) in [6.45, 7) is 10.2. The molecule has 1 N–H and O–H groups in total. The predicted molar refractivity (Wildman–Crippen MR) is 103 cm³/mol. The minimum atomic E-state index is 0.325. The molecule has 0 heterocycles. The second-order valence-corrected chi connectivity index (χ2v) is 7.39. The van der Waals surface area contributed by atoms with Crippen LogP contribution in [0, 0.1) is 0 Å². The highest BCUT2D eigenvalue weighted by atomic mass is 14.9. The van der Waals surface area contributed by atoms with Gasteiger partial charge in [0.15, 0.2) is 0 Å². The summed E-state index contributed by atoms with van der Waals surface area (Å²) in [6.07, 6.45) is 22.7. The first-order valence-corrected chi connectivity index (χ1v) is 10.0. The van der Waals surface area contributed by atoms with E-state index < -0.39 is 0 Å². The van der Waals surface area contributed by atoms with Crippen LogP contribution in [0.1, 0.15) is 111 Å². The van der Waals surface area contributed by atoms with Gasteiger partial charge in [-0.1, -0.05) is 77.4 Å². The molecule has 0 amide bonds. The van der Waals surface area contributed by atoms with Crippen LogP contribution >= 0.6 is 0 Å². The lowest BCUT2D eigenvalue weighted by Crippen LogP contribution is -2.38. The number of hydrogen-bond donors (Lipinski definition) is 1. The molecule has 0 bridgehead atoms. The molecule has 0 unspecified atom stereocenters. The summed E-state index contributed by atoms with van der Waals surface area (Å²) in [7, 11) is 0. The third-order valence-corrected chi connectivity index (χ3v) is 4.47. The van der Waals surface area contributed by atoms with Crippen LogP contribution in [0.3, 0.4) is 0 Å². The van der Waals surface area contributed by atoms with Crippen molar-refractivity contribution in [3.8, 4) is 0 Å². The van der Waals surface area contributed by atoms with E-state index in [0.717, 1.165) is 6.54 Å². The van der Waals surface area contributed by atoms with Crippen molar-refractivity contribution < 1.29 is 0 Å². The van der Waals surface area contributed by atoms with E-state index in [1.165, 1.54) is 83.5 Å². The van der Waals surface area contributed by atoms with E-state index in [2.05, 4.69) is 45.2 Å². The average molecular weight is 310 g/mol. The second kappa shape index (κ2) is 15.6. The van der Waals surface area contributed by atoms with E-state index in [-0.39, 0.29) is 0 Å². The van der Waals surface area contributed by atoms with Crippen LogP contribution in [0.4, 0.5) is 0 Å². The molecule has 132 valence electrons. The zero-order valence-electron chi connectivity index (χ0n) is 16.1. The fourth-order valence-corrected chi connectivity index (χ4v) is 3.03. The highest BCUT2D eigenvalue weighted by Gasteiger charge is 2.14. The van der Waals surface area contributed by atoms with Gasteiger partial charge < -0.3 is 5.32 Å². The molecule has 0 aromatic heterocycles. The lowest BCUT2D eigenvalue weighted by atomic mass is 9.96. The number of hydrogen-bond acceptors (Lipinski definition) is 1. The van der Waals surface area contributed by atoms with Gasteiger partial charge in [0.25, 0.3) is 0 Å². The zero-order chi connectivity index (χ0) is 16.5. The first kappa shape index (κ1) is 21.7. The van der Waals surface area contributed by atoms with Crippen LogP contribution in [0.15, 0.2) is 12.2 Å². The van der Waals surface area contributed by atoms with Crippen LogP contribution in [0.2, 0.25) is 0 Å². The van der Waals surface area contributed by atoms with E-state index in [9.17, 15) is 0 Å². The largest absolute Gasteiger partial charge is 0.312 e. The fraction of sp³-hybridized carbons (Fsp3) is 0.905. The van der Waals surface area contributed by atoms with E-state index in [4.69, 9.17) is 0 Å². The van der Waals surface area contributed by atoms with Crippen LogP contribution in [-0.2, 0) is 0 Å². The summed E-state index contributed by atoms with van der Waals surface area (Å²) in [5.74, 6) is 0. The van der Waals surface area contributed by atoms with Crippen molar-refractivity contribution in [3.63, 3.8) is 0 Å². The molecule has 0 aromatic carbocycles. The Balaban J connectivity index is 3.24. The molecule has 0 saturated carbocycles. The van der Waals surface area contributed by atoms with Gasteiger partial charge in [0.1, 0.15) is 0 Å². The number of nitrogens with one attached hydrogen (secondary N) is 1. The summed E-state index contributed by atoms with van der Waals surface area (Å²) < 4.78 is 0. The minimum Gasteiger partial charge on any atom is -0.312 e. The molecule has 0 fully saturated rings. The Morgan fingerprint density at radius 1 is 0.682 bits per heavy atom. The Kier molecular flexibility index (Phi) is 15.4. The third-order valence-electron chi connectivity index (χ3n) is 4.47. The maximum absolute atomic E-state index is 3.56. The monoisotopic (exact) mass is 309 g/mol. The zero-order valence-corrected chi connectivity index (χ0v) is 16.1. The number of allylic oxidation sites excluding steroid dienone is 2. The van der Waals surface area contributed by atoms with Crippen LogP contribution in [0.5, 0.6) is 0 Å². The lowest BCUT2D eigenvalue weighted by Gasteiger charge is -2.25. The van der Waals surface area contributed by atoms with Crippen molar-refractivity contribution in [2.24, 2.45) is 0 Å². The minimum absolute atomic E-state index is 0.325. The van der Waals surface area contributed by atoms with Crippen molar-refractivity contribution in [2.45, 2.75) is 117 Å². The SMILES string of the molecule is CCCCCCCCC=CCCCCCCC(C)(C)NCC. The van der Waals surface area contributed by atoms with Crippen molar-refractivity contribution in [3.05, 3.63) is 12.2 Å². The average Bonchev–Trinajstić information content (AvgIpc) is 2.47. The summed E-state index contributed by atoms with van der Waals surface area (Å²) in [5, 5.41) is 3.56. The van der Waals surface area contributed by atoms with Gasteiger partial charge in [0.2, 0.25) is 0 Å². The molecule has 0 aliphatic rings. The maximum Gasteiger partial charge on any atom is 0.0125 e. The normalized spacial score (nSPS) is 12.4. The van der Waals surface area contributed by atoms with Crippen molar-refractivity contribution in [2.75, 3.05) is 6.54 Å². The van der Waals surface area contributed by atoms with Crippen LogP contribution in [0.25, 0.3) is 0 Å². The smallest absolute Gasteiger partial charge is 0.0125 e. The Morgan fingerprint density at radius 2 is 1.18 bits per heavy atom. The molecule has 0 atom stereocenters. The van der Waals surface area contributed by atoms with Gasteiger partial charge >= 0.3 is 0 Å². The van der Waals surface area contributed by atoms with Crippen LogP contribution in [-0.4, -0.2) is 12.1 Å². The van der Waals surface area contributed by atoms with E-state index >= 15 is 0 Å². The first-order chi connectivity index (χ1) is 10.6. The topological polar surface area (TPSA) is 12.0 Å². The third kappa shape index (κ3) is 16.1. The fourth-order valence-electron chi connectivity index (χ4n) is 3.03. The molecule has 0 aromatic rings. The molecule has 1 nitrogen and oxygen atoms in total. The van der Waals surface area contributed by atoms with Gasteiger partial charge in [-0.3, -0.25) is 0 Å². The molecular formula is C21H43N. The number of unbranched alkanes of at least 4 members (excludes halogenated alkanes) is 10. The maximum atomic E-state index is 3.56. The van der Waals surface area contributed by atoms with Gasteiger partial charge in [-0.05, 0) is 52.5 Å². The molecular weight excluding hydrogens is 266 g/mol. The molecule has 0 spiro atoms. The van der Waals surface area contributed by atoms with Gasteiger partial charge in [0, 0.05) is 5.54 Å². The molecule has 22 heavy (non-hydrogen) atoms. The summed E-state index contributed by atoms with van der Waals surface area (Å²) in [6, 6.07) is 0. The predicted octanol–water partition coefficient (Wildman–Crippen LogP) is 7.02. The first-order valence-electron chi connectivity index (χ1n) is 10.0. The van der Waals surface area contributed by atoms with Gasteiger partial charge in [-0.15, -0.1) is 0 Å². The molecule has 0 rings (SSSR count). The Bertz CT molecular complexity index is 242. The lowest BCUT2D eigenvalue weighted by molar-refractivity contribution is 0.355. The summed E-state index contributed by atoms with van der Waals surface area (Å²) in [4.78, 5) is 0. The quantitative estimate of drug-likeness (QED) is 0.238. The second-order valence-electron chi connectivity index (χ2n) is 7.39. The van der Waals surface area contributed by atoms with Crippen molar-refractivity contribution in [1.82, 2.24) is 5.32 Å². The number of rotatable bonds is 16. The van der Waals surface area contributed by atoms with Gasteiger partial charge in [-0.2, -0.15) is 0 Å². The van der Waals surface area contributed by atoms with Crippen molar-refractivity contribution in [1.29, 1.82) is 0 Å². The van der Waals surface area contributed by atoms with Crippen molar-refractivity contribution >= 4 is 0 Å². The van der Waals surface area contributed by atoms with Gasteiger partial charge in [0.05, 0.1) is 0 Å². The molecule has 1 heteroatoms. The molecule has 0 aliphatic carbocycles. The molecule has 0 aliphatic heterocycles. The van der Waals surface area contributed by atoms with Crippen LogP contribution < -0.4 is 5.32 Å². The molecule has 0 radical (unpaired) electrons. The Morgan fingerprint density at radius 3 is 1.73 bits per heavy atom. The highest BCUT2D eigenvalue weighted by molar-refractivity contribution is 4.81.